The van der Waals surface area contributed by atoms with Crippen molar-refractivity contribution in [3.05, 3.63) is 50.1 Å². The predicted molar refractivity (Wildman–Crippen MR) is 116 cm³/mol. The monoisotopic (exact) mass is 425 g/mol. The number of methoxy groups -OCH3 is 1. The van der Waals surface area contributed by atoms with Gasteiger partial charge < -0.3 is 19.9 Å². The number of hydrogen-bond acceptors (Lipinski definition) is 5. The molecular weight excluding hydrogens is 402 g/mol. The lowest BCUT2D eigenvalue weighted by Gasteiger charge is -2.24. The van der Waals surface area contributed by atoms with Crippen molar-refractivity contribution in [1.29, 1.82) is 0 Å². The first-order chi connectivity index (χ1) is 14.4. The number of hydrogen-bond donors (Lipinski definition) is 3. The Hall–Kier alpha value is -2.64. The number of aromatic amines is 1. The molecule has 2 aliphatic carbocycles. The lowest BCUT2D eigenvalue weighted by Crippen LogP contribution is -2.16. The van der Waals surface area contributed by atoms with Gasteiger partial charge in [-0.15, -0.1) is 11.3 Å². The van der Waals surface area contributed by atoms with Gasteiger partial charge in [-0.25, -0.2) is 4.79 Å². The largest absolute Gasteiger partial charge is 0.494 e. The van der Waals surface area contributed by atoms with E-state index in [1.807, 2.05) is 6.07 Å². The highest BCUT2D eigenvalue weighted by molar-refractivity contribution is 7.15. The van der Waals surface area contributed by atoms with Crippen LogP contribution in [-0.4, -0.2) is 28.3 Å². The zero-order chi connectivity index (χ0) is 21.2. The summed E-state index contributed by atoms with van der Waals surface area (Å²) in [6, 6.07) is 3.91. The average Bonchev–Trinajstić information content (AvgIpc) is 3.48. The van der Waals surface area contributed by atoms with Crippen LogP contribution in [0, 0.1) is 5.92 Å². The van der Waals surface area contributed by atoms with Crippen LogP contribution >= 0.6 is 11.3 Å². The van der Waals surface area contributed by atoms with Crippen LogP contribution < -0.4 is 10.2 Å². The minimum absolute atomic E-state index is 0.229. The van der Waals surface area contributed by atoms with Crippen LogP contribution in [0.1, 0.15) is 64.6 Å². The smallest absolute Gasteiger partial charge is 0.341 e. The van der Waals surface area contributed by atoms with Crippen LogP contribution in [-0.2, 0) is 6.42 Å². The van der Waals surface area contributed by atoms with Gasteiger partial charge in [0.2, 0.25) is 5.43 Å². The first-order valence-corrected chi connectivity index (χ1v) is 11.0. The molecule has 6 nitrogen and oxygen atoms in total. The summed E-state index contributed by atoms with van der Waals surface area (Å²) >= 11 is 1.68. The highest BCUT2D eigenvalue weighted by atomic mass is 32.1. The van der Waals surface area contributed by atoms with Gasteiger partial charge in [0.25, 0.3) is 0 Å². The number of aromatic nitrogens is 1. The van der Waals surface area contributed by atoms with E-state index >= 15 is 0 Å². The number of H-pyrrole nitrogens is 1. The lowest BCUT2D eigenvalue weighted by molar-refractivity contribution is 0.0695. The highest BCUT2D eigenvalue weighted by Gasteiger charge is 2.33. The molecular formula is C23H23NO5S. The first-order valence-electron chi connectivity index (χ1n) is 10.2. The topological polar surface area (TPSA) is 99.6 Å². The summed E-state index contributed by atoms with van der Waals surface area (Å²) in [5.74, 6) is -0.130. The molecule has 2 atom stereocenters. The number of ether oxygens (including phenoxy) is 1. The van der Waals surface area contributed by atoms with Crippen molar-refractivity contribution < 1.29 is 19.7 Å². The standard InChI is InChI=1S/C23H23NO5S/c1-10-3-6-16-13(20(10)25)8-17(30-16)18-12(11-4-5-11)7-14-19(22(18)29-2)24-9-15(21(14)26)23(27)28/h7-11,20,25H,3-6H2,1-2H3,(H,24,26)(H,27,28). The Morgan fingerprint density at radius 2 is 2.00 bits per heavy atom. The summed E-state index contributed by atoms with van der Waals surface area (Å²) < 4.78 is 5.79. The summed E-state index contributed by atoms with van der Waals surface area (Å²) in [6.07, 6.45) is 4.75. The Morgan fingerprint density at radius 3 is 2.67 bits per heavy atom. The number of fused-ring (bicyclic) bond motifs is 2. The van der Waals surface area contributed by atoms with Gasteiger partial charge in [0.1, 0.15) is 5.56 Å². The summed E-state index contributed by atoms with van der Waals surface area (Å²) in [5, 5.41) is 20.4. The van der Waals surface area contributed by atoms with E-state index in [1.54, 1.807) is 18.4 Å². The van der Waals surface area contributed by atoms with Crippen LogP contribution in [0.3, 0.4) is 0 Å². The fourth-order valence-corrected chi connectivity index (χ4v) is 5.81. The number of benzene rings is 1. The molecule has 0 amide bonds. The SMILES string of the molecule is COc1c(-c2cc3c(s2)CCC(C)C3O)c(C2CC2)cc2c(=O)c(C(=O)O)c[nH]c12. The van der Waals surface area contributed by atoms with Gasteiger partial charge in [0.05, 0.1) is 24.1 Å². The molecule has 30 heavy (non-hydrogen) atoms. The van der Waals surface area contributed by atoms with E-state index in [1.165, 1.54) is 11.1 Å². The van der Waals surface area contributed by atoms with Gasteiger partial charge in [-0.1, -0.05) is 6.92 Å². The highest BCUT2D eigenvalue weighted by Crippen LogP contribution is 2.52. The minimum atomic E-state index is -1.25. The third-order valence-electron chi connectivity index (χ3n) is 6.39. The van der Waals surface area contributed by atoms with Gasteiger partial charge >= 0.3 is 5.97 Å². The number of aliphatic hydroxyl groups is 1. The molecule has 2 heterocycles. The van der Waals surface area contributed by atoms with E-state index in [0.717, 1.165) is 47.3 Å². The number of carboxylic acids is 1. The van der Waals surface area contributed by atoms with E-state index in [4.69, 9.17) is 4.74 Å². The van der Waals surface area contributed by atoms with E-state index in [-0.39, 0.29) is 11.5 Å². The summed E-state index contributed by atoms with van der Waals surface area (Å²) in [4.78, 5) is 29.5. The Balaban J connectivity index is 1.79. The quantitative estimate of drug-likeness (QED) is 0.573. The van der Waals surface area contributed by atoms with Crippen molar-refractivity contribution in [3.8, 4) is 16.2 Å². The van der Waals surface area contributed by atoms with Crippen LogP contribution in [0.2, 0.25) is 0 Å². The van der Waals surface area contributed by atoms with Gasteiger partial charge in [0, 0.05) is 21.5 Å². The second-order valence-electron chi connectivity index (χ2n) is 8.36. The molecule has 0 spiro atoms. The molecule has 2 aromatic heterocycles. The van der Waals surface area contributed by atoms with Gasteiger partial charge in [-0.05, 0) is 60.8 Å². The maximum atomic E-state index is 12.8. The third kappa shape index (κ3) is 2.87. The molecule has 3 aromatic rings. The molecule has 1 saturated carbocycles. The number of aromatic carboxylic acids is 1. The average molecular weight is 426 g/mol. The number of nitrogens with one attached hydrogen (secondary N) is 1. The van der Waals surface area contributed by atoms with Crippen LogP contribution in [0.5, 0.6) is 5.75 Å². The number of pyridine rings is 1. The minimum Gasteiger partial charge on any atom is -0.494 e. The second-order valence-corrected chi connectivity index (χ2v) is 9.49. The molecule has 2 unspecified atom stereocenters. The van der Waals surface area contributed by atoms with E-state index in [0.29, 0.717) is 22.6 Å². The van der Waals surface area contributed by atoms with Gasteiger partial charge in [-0.2, -0.15) is 0 Å². The van der Waals surface area contributed by atoms with Crippen LogP contribution in [0.15, 0.2) is 23.1 Å². The number of carbonyl (C=O) groups is 1. The van der Waals surface area contributed by atoms with Gasteiger partial charge in [-0.3, -0.25) is 4.79 Å². The van der Waals surface area contributed by atoms with Crippen molar-refractivity contribution in [1.82, 2.24) is 4.98 Å². The number of carboxylic acid groups (broad SMARTS) is 1. The molecule has 156 valence electrons. The fraction of sp³-hybridized carbons (Fsp3) is 0.391. The zero-order valence-corrected chi connectivity index (χ0v) is 17.6. The third-order valence-corrected chi connectivity index (χ3v) is 7.61. The van der Waals surface area contributed by atoms with Crippen molar-refractivity contribution >= 4 is 28.2 Å². The molecule has 0 aliphatic heterocycles. The predicted octanol–water partition coefficient (Wildman–Crippen LogP) is 4.46. The maximum absolute atomic E-state index is 12.8. The second kappa shape index (κ2) is 6.96. The molecule has 2 aliphatic rings. The number of rotatable bonds is 4. The van der Waals surface area contributed by atoms with E-state index in [9.17, 15) is 19.8 Å². The fourth-order valence-electron chi connectivity index (χ4n) is 4.52. The van der Waals surface area contributed by atoms with Crippen LogP contribution in [0.4, 0.5) is 0 Å². The first kappa shape index (κ1) is 19.3. The Morgan fingerprint density at radius 1 is 1.23 bits per heavy atom. The van der Waals surface area contributed by atoms with Gasteiger partial charge in [0.15, 0.2) is 5.75 Å². The number of aryl methyl sites for hydroxylation is 1. The number of aliphatic hydroxyl groups excluding tert-OH is 1. The molecule has 0 radical (unpaired) electrons. The van der Waals surface area contributed by atoms with Crippen molar-refractivity contribution in [2.75, 3.05) is 7.11 Å². The Bertz CT molecular complexity index is 1240. The van der Waals surface area contributed by atoms with E-state index < -0.39 is 17.5 Å². The van der Waals surface area contributed by atoms with E-state index in [2.05, 4.69) is 18.0 Å². The zero-order valence-electron chi connectivity index (χ0n) is 16.8. The molecule has 3 N–H and O–H groups in total. The maximum Gasteiger partial charge on any atom is 0.341 e. The molecule has 1 aromatic carbocycles. The lowest BCUT2D eigenvalue weighted by atomic mass is 9.86. The molecule has 7 heteroatoms. The van der Waals surface area contributed by atoms with Crippen molar-refractivity contribution in [2.24, 2.45) is 5.92 Å². The molecule has 0 bridgehead atoms. The summed E-state index contributed by atoms with van der Waals surface area (Å²) in [5.41, 5.74) is 2.69. The number of thiophene rings is 1. The Labute approximate surface area is 177 Å². The van der Waals surface area contributed by atoms with Crippen LogP contribution in [0.25, 0.3) is 21.3 Å². The molecule has 5 rings (SSSR count). The Kier molecular flexibility index (Phi) is 4.48. The summed E-state index contributed by atoms with van der Waals surface area (Å²) in [6.45, 7) is 2.07. The van der Waals surface area contributed by atoms with Crippen molar-refractivity contribution in [2.45, 2.75) is 44.6 Å². The summed E-state index contributed by atoms with van der Waals surface area (Å²) in [7, 11) is 1.57. The molecule has 1 fully saturated rings. The van der Waals surface area contributed by atoms with Crippen molar-refractivity contribution in [3.63, 3.8) is 0 Å². The normalized spacial score (nSPS) is 20.9. The molecule has 0 saturated heterocycles.